The number of para-hydroxylation sites is 2. The molecule has 7 nitrogen and oxygen atoms in total. The number of benzene rings is 3. The summed E-state index contributed by atoms with van der Waals surface area (Å²) in [5.41, 5.74) is 3.93. The number of rotatable bonds is 3. The minimum absolute atomic E-state index is 0.154. The first-order valence-corrected chi connectivity index (χ1v) is 10.3. The van der Waals surface area contributed by atoms with Crippen molar-refractivity contribution in [1.29, 1.82) is 0 Å². The Balaban J connectivity index is 1.70. The van der Waals surface area contributed by atoms with Crippen LogP contribution in [0.5, 0.6) is 11.5 Å². The van der Waals surface area contributed by atoms with Gasteiger partial charge in [0, 0.05) is 22.4 Å². The van der Waals surface area contributed by atoms with E-state index in [0.29, 0.717) is 11.5 Å². The van der Waals surface area contributed by atoms with E-state index >= 15 is 0 Å². The number of carbonyl (C=O) groups excluding carboxylic acids is 1. The quantitative estimate of drug-likeness (QED) is 0.516. The van der Waals surface area contributed by atoms with Crippen LogP contribution in [0.3, 0.4) is 0 Å². The Morgan fingerprint density at radius 3 is 2.38 bits per heavy atom. The van der Waals surface area contributed by atoms with E-state index in [1.165, 1.54) is 0 Å². The monoisotopic (exact) mass is 424 g/mol. The van der Waals surface area contributed by atoms with Gasteiger partial charge in [-0.25, -0.2) is 4.68 Å². The molecule has 0 unspecified atom stereocenters. The van der Waals surface area contributed by atoms with Gasteiger partial charge in [0.1, 0.15) is 5.82 Å². The summed E-state index contributed by atoms with van der Waals surface area (Å²) in [4.78, 5) is 13.6. The highest BCUT2D eigenvalue weighted by atomic mass is 16.5. The third-order valence-electron chi connectivity index (χ3n) is 6.21. The van der Waals surface area contributed by atoms with Crippen molar-refractivity contribution in [3.8, 4) is 28.3 Å². The highest BCUT2D eigenvalue weighted by molar-refractivity contribution is 6.13. The van der Waals surface area contributed by atoms with Gasteiger partial charge in [0.05, 0.1) is 26.1 Å². The van der Waals surface area contributed by atoms with E-state index in [4.69, 9.17) is 9.47 Å². The van der Waals surface area contributed by atoms with Crippen LogP contribution in [0.4, 0.5) is 11.5 Å². The number of nitrogens with zero attached hydrogens (tertiary/aromatic N) is 2. The molecule has 6 rings (SSSR count). The lowest BCUT2D eigenvalue weighted by molar-refractivity contribution is -0.118. The molecule has 1 amide bonds. The summed E-state index contributed by atoms with van der Waals surface area (Å²) in [7, 11) is 3.20. The van der Waals surface area contributed by atoms with Crippen LogP contribution in [0.25, 0.3) is 16.8 Å². The molecule has 0 bridgehead atoms. The highest BCUT2D eigenvalue weighted by Crippen LogP contribution is 2.53. The van der Waals surface area contributed by atoms with Gasteiger partial charge in [-0.05, 0) is 35.9 Å². The molecular formula is C25H20N4O3. The van der Waals surface area contributed by atoms with Gasteiger partial charge in [-0.15, -0.1) is 0 Å². The maximum absolute atomic E-state index is 13.6. The number of fused-ring (bicyclic) bond motifs is 6. The fourth-order valence-electron chi connectivity index (χ4n) is 4.74. The summed E-state index contributed by atoms with van der Waals surface area (Å²) in [6, 6.07) is 21.4. The van der Waals surface area contributed by atoms with E-state index < -0.39 is 5.54 Å². The fourth-order valence-corrected chi connectivity index (χ4v) is 4.74. The second-order valence-corrected chi connectivity index (χ2v) is 7.78. The van der Waals surface area contributed by atoms with Crippen LogP contribution >= 0.6 is 0 Å². The zero-order valence-electron chi connectivity index (χ0n) is 17.5. The van der Waals surface area contributed by atoms with Crippen molar-refractivity contribution < 1.29 is 14.3 Å². The molecule has 1 spiro atoms. The average Bonchev–Trinajstić information content (AvgIpc) is 3.38. The number of anilines is 2. The molecule has 2 N–H and O–H groups in total. The molecule has 0 radical (unpaired) electrons. The average molecular weight is 424 g/mol. The third kappa shape index (κ3) is 2.30. The van der Waals surface area contributed by atoms with Gasteiger partial charge >= 0.3 is 0 Å². The van der Waals surface area contributed by atoms with Gasteiger partial charge in [-0.2, -0.15) is 5.10 Å². The van der Waals surface area contributed by atoms with E-state index in [-0.39, 0.29) is 5.91 Å². The molecule has 0 saturated carbocycles. The Kier molecular flexibility index (Phi) is 3.83. The standard InChI is InChI=1S/C25H20N4O3/c1-31-21-12-16-17-14-26-29(15-8-4-3-5-9-15)23(17)28-25(19(16)13-22(21)32-2)18-10-6-7-11-20(18)27-24(25)30/h3-14,28H,1-2H3,(H,27,30)/t25-/m1/s1. The predicted molar refractivity (Wildman–Crippen MR) is 122 cm³/mol. The topological polar surface area (TPSA) is 77.4 Å². The lowest BCUT2D eigenvalue weighted by Crippen LogP contribution is -2.46. The number of carbonyl (C=O) groups is 1. The van der Waals surface area contributed by atoms with Crippen molar-refractivity contribution in [2.75, 3.05) is 24.9 Å². The lowest BCUT2D eigenvalue weighted by atomic mass is 9.77. The number of ether oxygens (including phenoxy) is 2. The van der Waals surface area contributed by atoms with E-state index in [0.717, 1.165) is 39.4 Å². The first-order valence-electron chi connectivity index (χ1n) is 10.3. The van der Waals surface area contributed by atoms with E-state index in [2.05, 4.69) is 15.7 Å². The maximum Gasteiger partial charge on any atom is 0.259 e. The van der Waals surface area contributed by atoms with Crippen molar-refractivity contribution in [3.05, 3.63) is 84.1 Å². The zero-order chi connectivity index (χ0) is 21.9. The van der Waals surface area contributed by atoms with Crippen LogP contribution in [-0.2, 0) is 10.3 Å². The van der Waals surface area contributed by atoms with Crippen LogP contribution in [-0.4, -0.2) is 29.9 Å². The smallest absolute Gasteiger partial charge is 0.259 e. The Labute approximate surface area is 184 Å². The summed E-state index contributed by atoms with van der Waals surface area (Å²) in [6.45, 7) is 0. The van der Waals surface area contributed by atoms with Gasteiger partial charge in [-0.1, -0.05) is 36.4 Å². The lowest BCUT2D eigenvalue weighted by Gasteiger charge is -2.36. The molecule has 4 aromatic rings. The van der Waals surface area contributed by atoms with Crippen LogP contribution in [0.1, 0.15) is 11.1 Å². The van der Waals surface area contributed by atoms with Crippen LogP contribution < -0.4 is 20.1 Å². The molecule has 0 fully saturated rings. The minimum Gasteiger partial charge on any atom is -0.493 e. The molecule has 2 aliphatic rings. The molecule has 1 aromatic heterocycles. The van der Waals surface area contributed by atoms with Gasteiger partial charge < -0.3 is 20.1 Å². The molecule has 1 atom stereocenters. The van der Waals surface area contributed by atoms with Crippen molar-refractivity contribution in [2.45, 2.75) is 5.54 Å². The molecule has 2 aliphatic heterocycles. The second kappa shape index (κ2) is 6.62. The predicted octanol–water partition coefficient (Wildman–Crippen LogP) is 4.18. The highest BCUT2D eigenvalue weighted by Gasteiger charge is 2.53. The summed E-state index contributed by atoms with van der Waals surface area (Å²) < 4.78 is 13.0. The van der Waals surface area contributed by atoms with Crippen molar-refractivity contribution in [2.24, 2.45) is 0 Å². The Hall–Kier alpha value is -4.26. The van der Waals surface area contributed by atoms with Gasteiger partial charge in [0.2, 0.25) is 0 Å². The fraction of sp³-hybridized carbons (Fsp3) is 0.120. The minimum atomic E-state index is -1.13. The number of hydrogen-bond acceptors (Lipinski definition) is 5. The largest absolute Gasteiger partial charge is 0.493 e. The summed E-state index contributed by atoms with van der Waals surface area (Å²) >= 11 is 0. The third-order valence-corrected chi connectivity index (χ3v) is 6.21. The molecular weight excluding hydrogens is 404 g/mol. The van der Waals surface area contributed by atoms with Gasteiger partial charge in [0.25, 0.3) is 5.91 Å². The molecule has 32 heavy (non-hydrogen) atoms. The molecule has 3 aromatic carbocycles. The second-order valence-electron chi connectivity index (χ2n) is 7.78. The molecule has 0 aliphatic carbocycles. The SMILES string of the molecule is COc1cc2c(cc1OC)[C@@]1(Nc3c-2cnn3-c2ccccc2)C(=O)Nc2ccccc21. The van der Waals surface area contributed by atoms with Crippen molar-refractivity contribution >= 4 is 17.4 Å². The van der Waals surface area contributed by atoms with Crippen molar-refractivity contribution in [3.63, 3.8) is 0 Å². The Morgan fingerprint density at radius 2 is 1.59 bits per heavy atom. The summed E-state index contributed by atoms with van der Waals surface area (Å²) in [5, 5.41) is 11.3. The first kappa shape index (κ1) is 18.5. The molecule has 3 heterocycles. The van der Waals surface area contributed by atoms with Crippen LogP contribution in [0.15, 0.2) is 72.9 Å². The van der Waals surface area contributed by atoms with E-state index in [1.807, 2.05) is 77.6 Å². The Morgan fingerprint density at radius 1 is 0.875 bits per heavy atom. The normalized spacial score (nSPS) is 17.8. The van der Waals surface area contributed by atoms with Gasteiger partial charge in [-0.3, -0.25) is 4.79 Å². The zero-order valence-corrected chi connectivity index (χ0v) is 17.5. The van der Waals surface area contributed by atoms with Crippen LogP contribution in [0.2, 0.25) is 0 Å². The van der Waals surface area contributed by atoms with Crippen molar-refractivity contribution in [1.82, 2.24) is 9.78 Å². The molecule has 7 heteroatoms. The Bertz CT molecular complexity index is 1380. The van der Waals surface area contributed by atoms with E-state index in [9.17, 15) is 4.79 Å². The maximum atomic E-state index is 13.6. The number of hydrogen-bond donors (Lipinski definition) is 2. The number of aromatic nitrogens is 2. The van der Waals surface area contributed by atoms with E-state index in [1.54, 1.807) is 14.2 Å². The summed E-state index contributed by atoms with van der Waals surface area (Å²) in [5.74, 6) is 1.73. The first-order chi connectivity index (χ1) is 15.7. The van der Waals surface area contributed by atoms with Gasteiger partial charge in [0.15, 0.2) is 17.0 Å². The number of methoxy groups -OCH3 is 2. The number of amides is 1. The molecule has 0 saturated heterocycles. The van der Waals surface area contributed by atoms with Crippen LogP contribution in [0, 0.1) is 0 Å². The number of nitrogens with one attached hydrogen (secondary N) is 2. The summed E-state index contributed by atoms with van der Waals surface area (Å²) in [6.07, 6.45) is 1.81. The molecule has 158 valence electrons.